The zero-order valence-corrected chi connectivity index (χ0v) is 13.3. The SMILES string of the molecule is COc1ccc([N+](=O)[O-])c(C(=O)Oc2ccc3c(c2)CCCC3)c1. The number of hydrogen-bond donors (Lipinski definition) is 0. The van der Waals surface area contributed by atoms with Gasteiger partial charge < -0.3 is 9.47 Å². The predicted molar refractivity (Wildman–Crippen MR) is 87.7 cm³/mol. The van der Waals surface area contributed by atoms with Gasteiger partial charge in [-0.1, -0.05) is 6.07 Å². The molecule has 0 N–H and O–H groups in total. The summed E-state index contributed by atoms with van der Waals surface area (Å²) in [5.41, 5.74) is 2.01. The van der Waals surface area contributed by atoms with Crippen LogP contribution in [0.5, 0.6) is 11.5 Å². The van der Waals surface area contributed by atoms with Crippen molar-refractivity contribution in [3.8, 4) is 11.5 Å². The normalized spacial score (nSPS) is 13.0. The highest BCUT2D eigenvalue weighted by Crippen LogP contribution is 2.28. The third kappa shape index (κ3) is 3.22. The van der Waals surface area contributed by atoms with E-state index in [4.69, 9.17) is 9.47 Å². The molecule has 0 fully saturated rings. The summed E-state index contributed by atoms with van der Waals surface area (Å²) in [7, 11) is 1.43. The van der Waals surface area contributed by atoms with Gasteiger partial charge in [-0.05, 0) is 55.0 Å². The summed E-state index contributed by atoms with van der Waals surface area (Å²) in [5, 5.41) is 11.1. The second-order valence-electron chi connectivity index (χ2n) is 5.67. The highest BCUT2D eigenvalue weighted by atomic mass is 16.6. The third-order valence-corrected chi connectivity index (χ3v) is 4.15. The first kappa shape index (κ1) is 16.0. The number of nitro groups is 1. The molecule has 1 aliphatic carbocycles. The number of carbonyl (C=O) groups is 1. The van der Waals surface area contributed by atoms with Crippen LogP contribution in [0.25, 0.3) is 0 Å². The molecule has 3 rings (SSSR count). The Bertz CT molecular complexity index is 800. The van der Waals surface area contributed by atoms with Gasteiger partial charge in [0.2, 0.25) is 0 Å². The number of nitro benzene ring substituents is 1. The number of methoxy groups -OCH3 is 1. The zero-order chi connectivity index (χ0) is 17.1. The number of aryl methyl sites for hydroxylation is 2. The summed E-state index contributed by atoms with van der Waals surface area (Å²) in [4.78, 5) is 22.9. The molecular formula is C18H17NO5. The molecular weight excluding hydrogens is 310 g/mol. The number of esters is 1. The van der Waals surface area contributed by atoms with Crippen molar-refractivity contribution in [1.82, 2.24) is 0 Å². The monoisotopic (exact) mass is 327 g/mol. The van der Waals surface area contributed by atoms with Crippen LogP contribution in [-0.2, 0) is 12.8 Å². The molecule has 0 aromatic heterocycles. The minimum absolute atomic E-state index is 0.128. The van der Waals surface area contributed by atoms with E-state index in [1.165, 1.54) is 42.9 Å². The lowest BCUT2D eigenvalue weighted by Gasteiger charge is -2.16. The largest absolute Gasteiger partial charge is 0.497 e. The maximum Gasteiger partial charge on any atom is 0.350 e. The first-order chi connectivity index (χ1) is 11.6. The minimum Gasteiger partial charge on any atom is -0.497 e. The summed E-state index contributed by atoms with van der Waals surface area (Å²) < 4.78 is 10.4. The molecule has 124 valence electrons. The van der Waals surface area contributed by atoms with Gasteiger partial charge in [-0.3, -0.25) is 10.1 Å². The van der Waals surface area contributed by atoms with Crippen LogP contribution in [0.1, 0.15) is 34.3 Å². The molecule has 0 unspecified atom stereocenters. The van der Waals surface area contributed by atoms with Crippen LogP contribution in [0.15, 0.2) is 36.4 Å². The number of nitrogens with zero attached hydrogens (tertiary/aromatic N) is 1. The van der Waals surface area contributed by atoms with Crippen LogP contribution in [0.3, 0.4) is 0 Å². The fraction of sp³-hybridized carbons (Fsp3) is 0.278. The molecule has 0 heterocycles. The van der Waals surface area contributed by atoms with E-state index in [1.807, 2.05) is 12.1 Å². The van der Waals surface area contributed by atoms with Gasteiger partial charge in [0, 0.05) is 12.1 Å². The Morgan fingerprint density at radius 1 is 1.04 bits per heavy atom. The van der Waals surface area contributed by atoms with Crippen LogP contribution in [0.4, 0.5) is 5.69 Å². The smallest absolute Gasteiger partial charge is 0.350 e. The van der Waals surface area contributed by atoms with Crippen molar-refractivity contribution in [2.24, 2.45) is 0 Å². The molecule has 0 atom stereocenters. The van der Waals surface area contributed by atoms with Gasteiger partial charge >= 0.3 is 5.97 Å². The molecule has 0 aliphatic heterocycles. The molecule has 0 radical (unpaired) electrons. The molecule has 0 saturated heterocycles. The van der Waals surface area contributed by atoms with Crippen LogP contribution < -0.4 is 9.47 Å². The Morgan fingerprint density at radius 2 is 1.75 bits per heavy atom. The molecule has 1 aliphatic rings. The van der Waals surface area contributed by atoms with Crippen LogP contribution >= 0.6 is 0 Å². The number of carbonyl (C=O) groups excluding carboxylic acids is 1. The Labute approximate surface area is 139 Å². The topological polar surface area (TPSA) is 78.7 Å². The first-order valence-electron chi connectivity index (χ1n) is 7.75. The maximum absolute atomic E-state index is 12.4. The van der Waals surface area contributed by atoms with Crippen molar-refractivity contribution in [3.05, 3.63) is 63.2 Å². The minimum atomic E-state index is -0.767. The van der Waals surface area contributed by atoms with Crippen LogP contribution in [0.2, 0.25) is 0 Å². The van der Waals surface area contributed by atoms with Crippen molar-refractivity contribution >= 4 is 11.7 Å². The van der Waals surface area contributed by atoms with Gasteiger partial charge in [0.05, 0.1) is 12.0 Å². The average Bonchev–Trinajstić information content (AvgIpc) is 2.60. The van der Waals surface area contributed by atoms with Crippen molar-refractivity contribution in [1.29, 1.82) is 0 Å². The first-order valence-corrected chi connectivity index (χ1v) is 7.75. The second-order valence-corrected chi connectivity index (χ2v) is 5.67. The van der Waals surface area contributed by atoms with Gasteiger partial charge in [-0.2, -0.15) is 0 Å². The molecule has 0 saturated carbocycles. The summed E-state index contributed by atoms with van der Waals surface area (Å²) in [6.07, 6.45) is 4.28. The van der Waals surface area contributed by atoms with Gasteiger partial charge in [-0.25, -0.2) is 4.79 Å². The highest BCUT2D eigenvalue weighted by molar-refractivity contribution is 5.95. The number of benzene rings is 2. The Balaban J connectivity index is 1.88. The van der Waals surface area contributed by atoms with E-state index in [0.29, 0.717) is 11.5 Å². The molecule has 24 heavy (non-hydrogen) atoms. The van der Waals surface area contributed by atoms with Crippen LogP contribution in [0, 0.1) is 10.1 Å². The fourth-order valence-electron chi connectivity index (χ4n) is 2.90. The Kier molecular flexibility index (Phi) is 4.46. The van der Waals surface area contributed by atoms with E-state index >= 15 is 0 Å². The summed E-state index contributed by atoms with van der Waals surface area (Å²) in [6, 6.07) is 9.53. The molecule has 6 heteroatoms. The number of rotatable bonds is 4. The summed E-state index contributed by atoms with van der Waals surface area (Å²) >= 11 is 0. The summed E-state index contributed by atoms with van der Waals surface area (Å²) in [5.74, 6) is -0.00730. The maximum atomic E-state index is 12.4. The predicted octanol–water partition coefficient (Wildman–Crippen LogP) is 3.70. The molecule has 2 aromatic rings. The number of fused-ring (bicyclic) bond motifs is 1. The lowest BCUT2D eigenvalue weighted by atomic mass is 9.92. The van der Waals surface area contributed by atoms with Crippen LogP contribution in [-0.4, -0.2) is 18.0 Å². The van der Waals surface area contributed by atoms with Gasteiger partial charge in [0.15, 0.2) is 0 Å². The zero-order valence-electron chi connectivity index (χ0n) is 13.3. The van der Waals surface area contributed by atoms with Gasteiger partial charge in [-0.15, -0.1) is 0 Å². The van der Waals surface area contributed by atoms with E-state index in [2.05, 4.69) is 0 Å². The molecule has 6 nitrogen and oxygen atoms in total. The molecule has 0 spiro atoms. The average molecular weight is 327 g/mol. The molecule has 2 aromatic carbocycles. The van der Waals surface area contributed by atoms with Gasteiger partial charge in [0.1, 0.15) is 17.1 Å². The summed E-state index contributed by atoms with van der Waals surface area (Å²) in [6.45, 7) is 0. The quantitative estimate of drug-likeness (QED) is 0.370. The van der Waals surface area contributed by atoms with Crippen molar-refractivity contribution < 1.29 is 19.2 Å². The van der Waals surface area contributed by atoms with Gasteiger partial charge in [0.25, 0.3) is 5.69 Å². The second kappa shape index (κ2) is 6.70. The molecule has 0 amide bonds. The standard InChI is InChI=1S/C18H17NO5/c1-23-14-8-9-17(19(21)22)16(11-14)18(20)24-15-7-6-12-4-2-3-5-13(12)10-15/h6-11H,2-5H2,1H3. The Morgan fingerprint density at radius 3 is 2.46 bits per heavy atom. The van der Waals surface area contributed by atoms with E-state index in [1.54, 1.807) is 6.07 Å². The van der Waals surface area contributed by atoms with Crippen molar-refractivity contribution in [3.63, 3.8) is 0 Å². The number of ether oxygens (including phenoxy) is 2. The lowest BCUT2D eigenvalue weighted by molar-refractivity contribution is -0.385. The Hall–Kier alpha value is -2.89. The van der Waals surface area contributed by atoms with Crippen molar-refractivity contribution in [2.45, 2.75) is 25.7 Å². The third-order valence-electron chi connectivity index (χ3n) is 4.15. The van der Waals surface area contributed by atoms with E-state index in [-0.39, 0.29) is 11.3 Å². The lowest BCUT2D eigenvalue weighted by Crippen LogP contribution is -2.12. The number of hydrogen-bond acceptors (Lipinski definition) is 5. The fourth-order valence-corrected chi connectivity index (χ4v) is 2.90. The van der Waals surface area contributed by atoms with Crippen molar-refractivity contribution in [2.75, 3.05) is 7.11 Å². The molecule has 0 bridgehead atoms. The van der Waals surface area contributed by atoms with E-state index < -0.39 is 10.9 Å². The van der Waals surface area contributed by atoms with E-state index in [9.17, 15) is 14.9 Å². The highest BCUT2D eigenvalue weighted by Gasteiger charge is 2.23. The van der Waals surface area contributed by atoms with E-state index in [0.717, 1.165) is 19.3 Å².